The normalized spacial score (nSPS) is 17.3. The Morgan fingerprint density at radius 1 is 1.26 bits per heavy atom. The maximum atomic E-state index is 11.7. The van der Waals surface area contributed by atoms with Crippen LogP contribution in [0.5, 0.6) is 0 Å². The number of carbonyl (C=O) groups is 1. The zero-order chi connectivity index (χ0) is 20.0. The molecule has 0 fully saturated rings. The van der Waals surface area contributed by atoms with E-state index in [-0.39, 0.29) is 22.2 Å². The van der Waals surface area contributed by atoms with Crippen molar-refractivity contribution >= 4 is 44.1 Å². The molecule has 9 nitrogen and oxygen atoms in total. The Balaban J connectivity index is 2.01. The van der Waals surface area contributed by atoms with Crippen LogP contribution in [0.25, 0.3) is 0 Å². The molecule has 0 unspecified atom stereocenters. The third-order valence-electron chi connectivity index (χ3n) is 4.00. The van der Waals surface area contributed by atoms with Crippen LogP contribution in [0.3, 0.4) is 0 Å². The Bertz CT molecular complexity index is 1010. The van der Waals surface area contributed by atoms with Crippen molar-refractivity contribution in [2.45, 2.75) is 16.3 Å². The Hall–Kier alpha value is -1.86. The van der Waals surface area contributed by atoms with Crippen LogP contribution in [-0.2, 0) is 16.6 Å². The molecule has 6 N–H and O–H groups in total. The Morgan fingerprint density at radius 3 is 2.44 bits per heavy atom. The van der Waals surface area contributed by atoms with E-state index in [1.54, 1.807) is 17.0 Å². The molecule has 12 heteroatoms. The van der Waals surface area contributed by atoms with E-state index in [1.807, 2.05) is 0 Å². The minimum absolute atomic E-state index is 0.0377. The molecule has 0 saturated heterocycles. The fourth-order valence-corrected chi connectivity index (χ4v) is 5.08. The van der Waals surface area contributed by atoms with Gasteiger partial charge in [0, 0.05) is 6.54 Å². The molecule has 0 amide bonds. The number of hydrogen-bond acceptors (Lipinski definition) is 7. The predicted molar refractivity (Wildman–Crippen MR) is 102 cm³/mol. The molecular formula is C15H16ClN3O6S2. The van der Waals surface area contributed by atoms with Crippen molar-refractivity contribution in [2.24, 2.45) is 5.14 Å². The maximum Gasteiger partial charge on any atom is 0.335 e. The summed E-state index contributed by atoms with van der Waals surface area (Å²) >= 11 is 6.04. The summed E-state index contributed by atoms with van der Waals surface area (Å²) in [6.45, 7) is 0.349. The summed E-state index contributed by atoms with van der Waals surface area (Å²) in [7, 11) is -7.58. The van der Waals surface area contributed by atoms with Crippen molar-refractivity contribution in [2.75, 3.05) is 11.6 Å². The number of hydrogen-bond donors (Lipinski definition) is 5. The molecule has 0 saturated carbocycles. The Kier molecular flexibility index (Phi) is 5.12. The van der Waals surface area contributed by atoms with Crippen LogP contribution in [-0.4, -0.2) is 35.3 Å². The number of carboxylic acids is 1. The highest BCUT2D eigenvalue weighted by atomic mass is 35.5. The summed E-state index contributed by atoms with van der Waals surface area (Å²) in [4.78, 5) is 12.2. The van der Waals surface area contributed by atoms with Crippen LogP contribution in [0.1, 0.15) is 15.9 Å². The zero-order valence-electron chi connectivity index (χ0n) is 13.7. The van der Waals surface area contributed by atoms with Gasteiger partial charge >= 0.3 is 5.97 Å². The van der Waals surface area contributed by atoms with E-state index in [2.05, 4.69) is 4.72 Å². The maximum absolute atomic E-state index is 11.7. The van der Waals surface area contributed by atoms with Gasteiger partial charge in [-0.2, -0.15) is 4.72 Å². The average Bonchev–Trinajstić information content (AvgIpc) is 2.56. The minimum Gasteiger partial charge on any atom is -0.478 e. The molecule has 0 aliphatic carbocycles. The van der Waals surface area contributed by atoms with Crippen molar-refractivity contribution in [1.29, 1.82) is 0 Å². The first-order chi connectivity index (χ1) is 12.5. The van der Waals surface area contributed by atoms with Gasteiger partial charge in [0.1, 0.15) is 4.90 Å². The molecule has 0 bridgehead atoms. The summed E-state index contributed by atoms with van der Waals surface area (Å²) in [5.74, 6) is -1.04. The lowest BCUT2D eigenvalue weighted by Gasteiger charge is -2.44. The number of halogens is 1. The second-order valence-corrected chi connectivity index (χ2v) is 9.61. The zero-order valence-corrected chi connectivity index (χ0v) is 16.1. The van der Waals surface area contributed by atoms with Crippen LogP contribution in [0.15, 0.2) is 46.2 Å². The lowest BCUT2D eigenvalue weighted by Crippen LogP contribution is -2.40. The Morgan fingerprint density at radius 2 is 1.89 bits per heavy atom. The van der Waals surface area contributed by atoms with Gasteiger partial charge in [-0.3, -0.25) is 9.11 Å². The monoisotopic (exact) mass is 433 g/mol. The van der Waals surface area contributed by atoms with Gasteiger partial charge < -0.3 is 10.0 Å². The molecule has 0 aromatic heterocycles. The first-order valence-electron chi connectivity index (χ1n) is 7.45. The number of carboxylic acid groups (broad SMARTS) is 1. The molecule has 3 rings (SSSR count). The lowest BCUT2D eigenvalue weighted by molar-refractivity contribution is 0.0697. The molecule has 27 heavy (non-hydrogen) atoms. The van der Waals surface area contributed by atoms with Crippen LogP contribution in [0.4, 0.5) is 5.69 Å². The summed E-state index contributed by atoms with van der Waals surface area (Å²) < 4.78 is 46.4. The van der Waals surface area contributed by atoms with Crippen molar-refractivity contribution in [1.82, 2.24) is 4.72 Å². The number of sulfonamides is 1. The Labute approximate surface area is 161 Å². The van der Waals surface area contributed by atoms with Gasteiger partial charge in [0.05, 0.1) is 27.8 Å². The lowest BCUT2D eigenvalue weighted by atomic mass is 10.1. The van der Waals surface area contributed by atoms with Crippen molar-refractivity contribution < 1.29 is 27.4 Å². The summed E-state index contributed by atoms with van der Waals surface area (Å²) in [6, 6.07) is 8.56. The summed E-state index contributed by atoms with van der Waals surface area (Å²) in [5.41, 5.74) is 1.25. The molecule has 1 aliphatic rings. The third kappa shape index (κ3) is 4.04. The number of rotatable bonds is 4. The largest absolute Gasteiger partial charge is 0.478 e. The van der Waals surface area contributed by atoms with Gasteiger partial charge in [-0.25, -0.2) is 18.4 Å². The number of benzene rings is 2. The van der Waals surface area contributed by atoms with E-state index in [0.717, 1.165) is 11.6 Å². The number of anilines is 1. The standard InChI is InChI=1S/C15H16ClN3O6S2/c16-11-5-12-14(6-13(11)26(17,22)23)27(24,25)18-8-19(12)7-9-1-3-10(4-2-9)15(20)21/h1-6,18,24-25H,7-8H2,(H,20,21)(H2,17,22,23). The molecule has 2 aromatic carbocycles. The number of nitrogens with one attached hydrogen (secondary N) is 1. The highest BCUT2D eigenvalue weighted by molar-refractivity contribution is 8.22. The van der Waals surface area contributed by atoms with Gasteiger partial charge in [-0.1, -0.05) is 23.7 Å². The average molecular weight is 434 g/mol. The van der Waals surface area contributed by atoms with Crippen molar-refractivity contribution in [3.8, 4) is 0 Å². The van der Waals surface area contributed by atoms with Gasteiger partial charge in [0.15, 0.2) is 0 Å². The van der Waals surface area contributed by atoms with E-state index in [4.69, 9.17) is 21.8 Å². The molecule has 1 aliphatic heterocycles. The summed E-state index contributed by atoms with van der Waals surface area (Å²) in [6.07, 6.45) is 0. The fourth-order valence-electron chi connectivity index (χ4n) is 2.66. The molecule has 0 spiro atoms. The highest BCUT2D eigenvalue weighted by Gasteiger charge is 2.31. The molecular weight excluding hydrogens is 418 g/mol. The molecule has 146 valence electrons. The van der Waals surface area contributed by atoms with Crippen molar-refractivity contribution in [3.63, 3.8) is 0 Å². The van der Waals surface area contributed by atoms with Gasteiger partial charge in [-0.15, -0.1) is 10.8 Å². The quantitative estimate of drug-likeness (QED) is 0.492. The second-order valence-electron chi connectivity index (χ2n) is 5.85. The van der Waals surface area contributed by atoms with E-state index in [1.165, 1.54) is 18.2 Å². The molecule has 2 aromatic rings. The van der Waals surface area contributed by atoms with Crippen LogP contribution in [0, 0.1) is 0 Å². The smallest absolute Gasteiger partial charge is 0.335 e. The van der Waals surface area contributed by atoms with E-state index in [9.17, 15) is 22.3 Å². The van der Waals surface area contributed by atoms with Gasteiger partial charge in [-0.05, 0) is 29.8 Å². The van der Waals surface area contributed by atoms with Gasteiger partial charge in [0.25, 0.3) is 0 Å². The first-order valence-corrected chi connectivity index (χ1v) is 10.9. The molecule has 0 radical (unpaired) electrons. The van der Waals surface area contributed by atoms with Gasteiger partial charge in [0.2, 0.25) is 10.0 Å². The number of fused-ring (bicyclic) bond motifs is 1. The summed E-state index contributed by atoms with van der Waals surface area (Å²) in [5, 5.41) is 13.9. The molecule has 1 heterocycles. The van der Waals surface area contributed by atoms with E-state index in [0.29, 0.717) is 12.2 Å². The van der Waals surface area contributed by atoms with Crippen LogP contribution >= 0.6 is 22.4 Å². The van der Waals surface area contributed by atoms with E-state index >= 15 is 0 Å². The van der Waals surface area contributed by atoms with E-state index < -0.39 is 31.7 Å². The van der Waals surface area contributed by atoms with Crippen molar-refractivity contribution in [3.05, 3.63) is 52.5 Å². The number of nitrogens with zero attached hydrogens (tertiary/aromatic N) is 1. The first kappa shape index (κ1) is 19.9. The predicted octanol–water partition coefficient (Wildman–Crippen LogP) is 2.28. The van der Waals surface area contributed by atoms with Crippen LogP contribution in [0.2, 0.25) is 5.02 Å². The third-order valence-corrected chi connectivity index (χ3v) is 6.85. The highest BCUT2D eigenvalue weighted by Crippen LogP contribution is 2.53. The second kappa shape index (κ2) is 6.95. The number of primary sulfonamides is 1. The SMILES string of the molecule is NS(=O)(=O)c1cc2c(cc1Cl)N(Cc1ccc(C(=O)O)cc1)CNS2(O)O. The molecule has 0 atom stereocenters. The topological polar surface area (TPSA) is 153 Å². The fraction of sp³-hybridized carbons (Fsp3) is 0.133. The number of aromatic carboxylic acids is 1. The minimum atomic E-state index is -4.15. The number of nitrogens with two attached hydrogens (primary N) is 1. The van der Waals surface area contributed by atoms with Crippen LogP contribution < -0.4 is 14.8 Å².